The maximum absolute atomic E-state index is 9.95. The molecule has 0 amide bonds. The van der Waals surface area contributed by atoms with Crippen LogP contribution < -0.4 is 0 Å². The third kappa shape index (κ3) is 2.12. The van der Waals surface area contributed by atoms with Crippen molar-refractivity contribution in [2.24, 2.45) is 5.92 Å². The van der Waals surface area contributed by atoms with Gasteiger partial charge in [-0.3, -0.25) is 4.90 Å². The predicted molar refractivity (Wildman–Crippen MR) is 58.2 cm³/mol. The Bertz CT molecular complexity index is 183. The summed E-state index contributed by atoms with van der Waals surface area (Å²) in [6, 6.07) is 0.486. The first-order valence-corrected chi connectivity index (χ1v) is 6.23. The van der Waals surface area contributed by atoms with E-state index in [1.165, 1.54) is 45.2 Å². The van der Waals surface area contributed by atoms with E-state index >= 15 is 0 Å². The number of likely N-dealkylation sites (tertiary alicyclic amines) is 1. The highest BCUT2D eigenvalue weighted by Gasteiger charge is 2.32. The van der Waals surface area contributed by atoms with Crippen LogP contribution in [0.25, 0.3) is 0 Å². The standard InChI is InChI=1S/C12H23NO/c1-2-10-7-8-13(9-10)11-5-3-4-6-12(11)14/h10-12,14H,2-9H2,1H3. The summed E-state index contributed by atoms with van der Waals surface area (Å²) in [5.41, 5.74) is 0. The lowest BCUT2D eigenvalue weighted by atomic mass is 9.91. The molecule has 2 fully saturated rings. The number of hydrogen-bond donors (Lipinski definition) is 1. The Balaban J connectivity index is 1.88. The van der Waals surface area contributed by atoms with Gasteiger partial charge in [-0.05, 0) is 31.7 Å². The molecule has 1 aliphatic heterocycles. The zero-order chi connectivity index (χ0) is 9.97. The molecule has 0 spiro atoms. The molecule has 1 aliphatic carbocycles. The first-order valence-electron chi connectivity index (χ1n) is 6.23. The minimum absolute atomic E-state index is 0.0423. The van der Waals surface area contributed by atoms with E-state index in [0.717, 1.165) is 12.3 Å². The zero-order valence-electron chi connectivity index (χ0n) is 9.28. The summed E-state index contributed by atoms with van der Waals surface area (Å²) in [6.45, 7) is 4.74. The first kappa shape index (κ1) is 10.4. The van der Waals surface area contributed by atoms with Crippen LogP contribution in [0.15, 0.2) is 0 Å². The lowest BCUT2D eigenvalue weighted by Crippen LogP contribution is -2.44. The van der Waals surface area contributed by atoms with Crippen molar-refractivity contribution in [1.82, 2.24) is 4.90 Å². The van der Waals surface area contributed by atoms with E-state index in [2.05, 4.69) is 11.8 Å². The van der Waals surface area contributed by atoms with E-state index in [1.54, 1.807) is 0 Å². The van der Waals surface area contributed by atoms with E-state index in [-0.39, 0.29) is 6.10 Å². The van der Waals surface area contributed by atoms with Crippen molar-refractivity contribution < 1.29 is 5.11 Å². The minimum Gasteiger partial charge on any atom is -0.391 e. The van der Waals surface area contributed by atoms with E-state index in [1.807, 2.05) is 0 Å². The minimum atomic E-state index is -0.0423. The first-order chi connectivity index (χ1) is 6.81. The van der Waals surface area contributed by atoms with Crippen LogP contribution in [-0.4, -0.2) is 35.2 Å². The van der Waals surface area contributed by atoms with Crippen molar-refractivity contribution in [3.05, 3.63) is 0 Å². The van der Waals surface area contributed by atoms with E-state index < -0.39 is 0 Å². The van der Waals surface area contributed by atoms with Crippen LogP contribution in [0.1, 0.15) is 45.4 Å². The molecule has 0 aromatic rings. The van der Waals surface area contributed by atoms with Crippen molar-refractivity contribution in [2.75, 3.05) is 13.1 Å². The van der Waals surface area contributed by atoms with E-state index in [0.29, 0.717) is 6.04 Å². The van der Waals surface area contributed by atoms with Gasteiger partial charge in [0.25, 0.3) is 0 Å². The maximum atomic E-state index is 9.95. The van der Waals surface area contributed by atoms with Crippen LogP contribution >= 0.6 is 0 Å². The quantitative estimate of drug-likeness (QED) is 0.732. The Hall–Kier alpha value is -0.0800. The van der Waals surface area contributed by atoms with Crippen molar-refractivity contribution >= 4 is 0 Å². The van der Waals surface area contributed by atoms with Crippen LogP contribution in [0.2, 0.25) is 0 Å². The summed E-state index contributed by atoms with van der Waals surface area (Å²) in [6.07, 6.45) is 7.39. The number of aliphatic hydroxyl groups is 1. The Morgan fingerprint density at radius 3 is 2.64 bits per heavy atom. The molecule has 2 rings (SSSR count). The van der Waals surface area contributed by atoms with Gasteiger partial charge in [0.15, 0.2) is 0 Å². The second kappa shape index (κ2) is 4.63. The molecule has 2 aliphatic rings. The van der Waals surface area contributed by atoms with Gasteiger partial charge in [-0.15, -0.1) is 0 Å². The Kier molecular flexibility index (Phi) is 3.45. The predicted octanol–water partition coefficient (Wildman–Crippen LogP) is 2.02. The monoisotopic (exact) mass is 197 g/mol. The summed E-state index contributed by atoms with van der Waals surface area (Å²) in [5, 5.41) is 9.95. The highest BCUT2D eigenvalue weighted by Crippen LogP contribution is 2.28. The molecule has 1 N–H and O–H groups in total. The molecule has 0 radical (unpaired) electrons. The number of rotatable bonds is 2. The fourth-order valence-electron chi connectivity index (χ4n) is 3.01. The maximum Gasteiger partial charge on any atom is 0.0695 e. The summed E-state index contributed by atoms with van der Waals surface area (Å²) in [5.74, 6) is 0.893. The molecule has 1 heterocycles. The third-order valence-electron chi connectivity index (χ3n) is 4.06. The molecule has 3 atom stereocenters. The highest BCUT2D eigenvalue weighted by molar-refractivity contribution is 4.87. The molecule has 0 aromatic heterocycles. The number of nitrogens with zero attached hydrogens (tertiary/aromatic N) is 1. The molecule has 0 aromatic carbocycles. The fraction of sp³-hybridized carbons (Fsp3) is 1.00. The molecule has 0 bridgehead atoms. The second-order valence-corrected chi connectivity index (χ2v) is 4.98. The van der Waals surface area contributed by atoms with Crippen molar-refractivity contribution in [3.63, 3.8) is 0 Å². The molecule has 3 unspecified atom stereocenters. The summed E-state index contributed by atoms with van der Waals surface area (Å²) in [7, 11) is 0. The largest absolute Gasteiger partial charge is 0.391 e. The Labute approximate surface area is 87.3 Å². The van der Waals surface area contributed by atoms with Crippen molar-refractivity contribution in [3.8, 4) is 0 Å². The molecule has 1 saturated carbocycles. The fourth-order valence-corrected chi connectivity index (χ4v) is 3.01. The van der Waals surface area contributed by atoms with E-state index in [4.69, 9.17) is 0 Å². The summed E-state index contributed by atoms with van der Waals surface area (Å²) >= 11 is 0. The smallest absolute Gasteiger partial charge is 0.0695 e. The van der Waals surface area contributed by atoms with E-state index in [9.17, 15) is 5.11 Å². The topological polar surface area (TPSA) is 23.5 Å². The van der Waals surface area contributed by atoms with Crippen LogP contribution in [0.3, 0.4) is 0 Å². The van der Waals surface area contributed by atoms with Gasteiger partial charge in [-0.2, -0.15) is 0 Å². The van der Waals surface area contributed by atoms with Gasteiger partial charge in [-0.1, -0.05) is 26.2 Å². The molecule has 82 valence electrons. The summed E-state index contributed by atoms with van der Waals surface area (Å²) in [4.78, 5) is 2.54. The van der Waals surface area contributed by atoms with Gasteiger partial charge in [0.2, 0.25) is 0 Å². The summed E-state index contributed by atoms with van der Waals surface area (Å²) < 4.78 is 0. The van der Waals surface area contributed by atoms with Gasteiger partial charge in [0, 0.05) is 12.6 Å². The SMILES string of the molecule is CCC1CCN(C2CCCCC2O)C1. The Morgan fingerprint density at radius 1 is 1.21 bits per heavy atom. The van der Waals surface area contributed by atoms with Gasteiger partial charge >= 0.3 is 0 Å². The molecular weight excluding hydrogens is 174 g/mol. The van der Waals surface area contributed by atoms with Crippen molar-refractivity contribution in [1.29, 1.82) is 0 Å². The number of aliphatic hydroxyl groups excluding tert-OH is 1. The van der Waals surface area contributed by atoms with Gasteiger partial charge in [-0.25, -0.2) is 0 Å². The van der Waals surface area contributed by atoms with Crippen LogP contribution in [0, 0.1) is 5.92 Å². The molecular formula is C12H23NO. The van der Waals surface area contributed by atoms with Crippen LogP contribution in [-0.2, 0) is 0 Å². The van der Waals surface area contributed by atoms with Gasteiger partial charge in [0.1, 0.15) is 0 Å². The third-order valence-corrected chi connectivity index (χ3v) is 4.06. The van der Waals surface area contributed by atoms with Gasteiger partial charge < -0.3 is 5.11 Å². The van der Waals surface area contributed by atoms with Crippen molar-refractivity contribution in [2.45, 2.75) is 57.6 Å². The second-order valence-electron chi connectivity index (χ2n) is 4.98. The normalized spacial score (nSPS) is 40.3. The highest BCUT2D eigenvalue weighted by atomic mass is 16.3. The molecule has 14 heavy (non-hydrogen) atoms. The molecule has 1 saturated heterocycles. The molecule has 2 heteroatoms. The Morgan fingerprint density at radius 2 is 2.00 bits per heavy atom. The molecule has 2 nitrogen and oxygen atoms in total. The number of hydrogen-bond acceptors (Lipinski definition) is 2. The average molecular weight is 197 g/mol. The lowest BCUT2D eigenvalue weighted by molar-refractivity contribution is 0.0294. The van der Waals surface area contributed by atoms with Crippen LogP contribution in [0.5, 0.6) is 0 Å². The zero-order valence-corrected chi connectivity index (χ0v) is 9.28. The van der Waals surface area contributed by atoms with Crippen LogP contribution in [0.4, 0.5) is 0 Å². The lowest BCUT2D eigenvalue weighted by Gasteiger charge is -2.35. The average Bonchev–Trinajstić information content (AvgIpc) is 2.67. The van der Waals surface area contributed by atoms with Gasteiger partial charge in [0.05, 0.1) is 6.10 Å².